The summed E-state index contributed by atoms with van der Waals surface area (Å²) in [6.07, 6.45) is 1.56. The molecule has 0 spiro atoms. The van der Waals surface area contributed by atoms with Crippen LogP contribution in [-0.4, -0.2) is 21.8 Å². The molecular formula is C15H11ClN4O2. The van der Waals surface area contributed by atoms with Gasteiger partial charge in [-0.05, 0) is 36.4 Å². The molecule has 0 saturated carbocycles. The highest BCUT2D eigenvalue weighted by atomic mass is 35.5. The SMILES string of the molecule is O=C(Nc1cccc(Cl)c1)C(=O)Nc1ccc2nc[nH]c2c1. The second-order valence-electron chi connectivity index (χ2n) is 4.55. The number of halogens is 1. The fourth-order valence-electron chi connectivity index (χ4n) is 1.96. The van der Waals surface area contributed by atoms with Gasteiger partial charge in [-0.2, -0.15) is 0 Å². The molecule has 0 saturated heterocycles. The quantitative estimate of drug-likeness (QED) is 0.636. The molecule has 2 amide bonds. The van der Waals surface area contributed by atoms with Crippen molar-refractivity contribution in [2.24, 2.45) is 0 Å². The highest BCUT2D eigenvalue weighted by molar-refractivity contribution is 6.43. The molecule has 3 rings (SSSR count). The van der Waals surface area contributed by atoms with Crippen molar-refractivity contribution >= 4 is 45.8 Å². The first-order chi connectivity index (χ1) is 10.6. The molecular weight excluding hydrogens is 304 g/mol. The van der Waals surface area contributed by atoms with Crippen molar-refractivity contribution in [1.29, 1.82) is 0 Å². The Balaban J connectivity index is 1.69. The van der Waals surface area contributed by atoms with Crippen LogP contribution >= 0.6 is 11.6 Å². The molecule has 2 aromatic carbocycles. The summed E-state index contributed by atoms with van der Waals surface area (Å²) in [6.45, 7) is 0. The molecule has 0 radical (unpaired) electrons. The average molecular weight is 315 g/mol. The number of aromatic nitrogens is 2. The average Bonchev–Trinajstić information content (AvgIpc) is 2.94. The molecule has 7 heteroatoms. The van der Waals surface area contributed by atoms with Crippen LogP contribution in [0.4, 0.5) is 11.4 Å². The van der Waals surface area contributed by atoms with Crippen LogP contribution < -0.4 is 10.6 Å². The summed E-state index contributed by atoms with van der Waals surface area (Å²) in [5.74, 6) is -1.54. The number of carbonyl (C=O) groups excluding carboxylic acids is 2. The van der Waals surface area contributed by atoms with Crippen LogP contribution in [0.3, 0.4) is 0 Å². The maximum absolute atomic E-state index is 11.9. The van der Waals surface area contributed by atoms with Crippen molar-refractivity contribution in [3.8, 4) is 0 Å². The smallest absolute Gasteiger partial charge is 0.314 e. The van der Waals surface area contributed by atoms with Crippen LogP contribution in [0, 0.1) is 0 Å². The fraction of sp³-hybridized carbons (Fsp3) is 0. The Kier molecular flexibility index (Phi) is 3.76. The Hall–Kier alpha value is -2.86. The molecule has 0 aliphatic rings. The van der Waals surface area contributed by atoms with E-state index in [0.717, 1.165) is 11.0 Å². The number of H-pyrrole nitrogens is 1. The Labute approximate surface area is 130 Å². The van der Waals surface area contributed by atoms with E-state index in [2.05, 4.69) is 20.6 Å². The van der Waals surface area contributed by atoms with Gasteiger partial charge in [0.15, 0.2) is 0 Å². The third kappa shape index (κ3) is 3.07. The number of nitrogens with one attached hydrogen (secondary N) is 3. The zero-order valence-corrected chi connectivity index (χ0v) is 12.0. The first-order valence-electron chi connectivity index (χ1n) is 6.43. The van der Waals surface area contributed by atoms with Crippen molar-refractivity contribution in [1.82, 2.24) is 9.97 Å². The molecule has 0 unspecified atom stereocenters. The lowest BCUT2D eigenvalue weighted by molar-refractivity contribution is -0.132. The standard InChI is InChI=1S/C15H11ClN4O2/c16-9-2-1-3-10(6-9)19-14(21)15(22)20-11-4-5-12-13(7-11)18-8-17-12/h1-8H,(H,17,18)(H,19,21)(H,20,22). The van der Waals surface area contributed by atoms with E-state index in [9.17, 15) is 9.59 Å². The van der Waals surface area contributed by atoms with Gasteiger partial charge in [0.1, 0.15) is 0 Å². The summed E-state index contributed by atoms with van der Waals surface area (Å²) in [5.41, 5.74) is 2.51. The van der Waals surface area contributed by atoms with Gasteiger partial charge in [-0.3, -0.25) is 9.59 Å². The number of benzene rings is 2. The van der Waals surface area contributed by atoms with E-state index in [1.165, 1.54) is 0 Å². The molecule has 110 valence electrons. The maximum atomic E-state index is 11.9. The monoisotopic (exact) mass is 314 g/mol. The third-order valence-electron chi connectivity index (χ3n) is 2.97. The number of nitrogens with zero attached hydrogens (tertiary/aromatic N) is 1. The summed E-state index contributed by atoms with van der Waals surface area (Å²) in [5, 5.41) is 5.48. The van der Waals surface area contributed by atoms with Gasteiger partial charge in [0.05, 0.1) is 17.4 Å². The molecule has 3 N–H and O–H groups in total. The number of hydrogen-bond acceptors (Lipinski definition) is 3. The Bertz CT molecular complexity index is 859. The van der Waals surface area contributed by atoms with Crippen molar-refractivity contribution in [2.45, 2.75) is 0 Å². The van der Waals surface area contributed by atoms with Crippen LogP contribution in [0.5, 0.6) is 0 Å². The van der Waals surface area contributed by atoms with E-state index in [0.29, 0.717) is 16.4 Å². The van der Waals surface area contributed by atoms with Gasteiger partial charge in [-0.15, -0.1) is 0 Å². The molecule has 6 nitrogen and oxygen atoms in total. The Morgan fingerprint density at radius 2 is 1.73 bits per heavy atom. The number of carbonyl (C=O) groups is 2. The minimum Gasteiger partial charge on any atom is -0.345 e. The normalized spacial score (nSPS) is 10.4. The topological polar surface area (TPSA) is 86.9 Å². The molecule has 0 aliphatic heterocycles. The predicted octanol–water partition coefficient (Wildman–Crippen LogP) is 2.79. The van der Waals surface area contributed by atoms with Crippen LogP contribution in [0.25, 0.3) is 11.0 Å². The Morgan fingerprint density at radius 3 is 2.45 bits per heavy atom. The van der Waals surface area contributed by atoms with E-state index in [-0.39, 0.29) is 0 Å². The largest absolute Gasteiger partial charge is 0.345 e. The molecule has 0 aliphatic carbocycles. The number of rotatable bonds is 2. The molecule has 22 heavy (non-hydrogen) atoms. The zero-order valence-electron chi connectivity index (χ0n) is 11.3. The second-order valence-corrected chi connectivity index (χ2v) is 4.99. The number of hydrogen-bond donors (Lipinski definition) is 3. The van der Waals surface area contributed by atoms with Crippen molar-refractivity contribution in [3.63, 3.8) is 0 Å². The number of fused-ring (bicyclic) bond motifs is 1. The minimum atomic E-state index is -0.771. The van der Waals surface area contributed by atoms with Crippen molar-refractivity contribution < 1.29 is 9.59 Å². The van der Waals surface area contributed by atoms with E-state index >= 15 is 0 Å². The van der Waals surface area contributed by atoms with Crippen LogP contribution in [0.1, 0.15) is 0 Å². The summed E-state index contributed by atoms with van der Waals surface area (Å²) < 4.78 is 0. The van der Waals surface area contributed by atoms with E-state index < -0.39 is 11.8 Å². The molecule has 0 fully saturated rings. The zero-order chi connectivity index (χ0) is 15.5. The van der Waals surface area contributed by atoms with Gasteiger partial charge in [-0.1, -0.05) is 17.7 Å². The second kappa shape index (κ2) is 5.87. The first kappa shape index (κ1) is 14.1. The summed E-state index contributed by atoms with van der Waals surface area (Å²) in [6, 6.07) is 11.7. The summed E-state index contributed by atoms with van der Waals surface area (Å²) >= 11 is 5.82. The molecule has 0 atom stereocenters. The number of aromatic amines is 1. The summed E-state index contributed by atoms with van der Waals surface area (Å²) in [4.78, 5) is 30.8. The van der Waals surface area contributed by atoms with Crippen LogP contribution in [-0.2, 0) is 9.59 Å². The number of anilines is 2. The molecule has 1 heterocycles. The van der Waals surface area contributed by atoms with Gasteiger partial charge >= 0.3 is 11.8 Å². The van der Waals surface area contributed by atoms with Crippen LogP contribution in [0.15, 0.2) is 48.8 Å². The van der Waals surface area contributed by atoms with E-state index in [1.807, 2.05) is 0 Å². The predicted molar refractivity (Wildman–Crippen MR) is 84.8 cm³/mol. The third-order valence-corrected chi connectivity index (χ3v) is 3.20. The lowest BCUT2D eigenvalue weighted by Crippen LogP contribution is -2.29. The lowest BCUT2D eigenvalue weighted by atomic mass is 10.2. The van der Waals surface area contributed by atoms with Gasteiger partial charge in [0.25, 0.3) is 0 Å². The highest BCUT2D eigenvalue weighted by Gasteiger charge is 2.14. The number of amides is 2. The molecule has 1 aromatic heterocycles. The minimum absolute atomic E-state index is 0.455. The molecule has 3 aromatic rings. The van der Waals surface area contributed by atoms with Gasteiger partial charge in [-0.25, -0.2) is 4.98 Å². The van der Waals surface area contributed by atoms with Crippen molar-refractivity contribution in [2.75, 3.05) is 10.6 Å². The van der Waals surface area contributed by atoms with Crippen LogP contribution in [0.2, 0.25) is 5.02 Å². The maximum Gasteiger partial charge on any atom is 0.314 e. The summed E-state index contributed by atoms with van der Waals surface area (Å²) in [7, 11) is 0. The van der Waals surface area contributed by atoms with E-state index in [1.54, 1.807) is 48.8 Å². The lowest BCUT2D eigenvalue weighted by Gasteiger charge is -2.07. The fourth-order valence-corrected chi connectivity index (χ4v) is 2.15. The van der Waals surface area contributed by atoms with Gasteiger partial charge in [0.2, 0.25) is 0 Å². The van der Waals surface area contributed by atoms with E-state index in [4.69, 9.17) is 11.6 Å². The van der Waals surface area contributed by atoms with Gasteiger partial charge < -0.3 is 15.6 Å². The first-order valence-corrected chi connectivity index (χ1v) is 6.81. The van der Waals surface area contributed by atoms with Gasteiger partial charge in [0, 0.05) is 16.4 Å². The highest BCUT2D eigenvalue weighted by Crippen LogP contribution is 2.17. The molecule has 0 bridgehead atoms. The Morgan fingerprint density at radius 1 is 1.00 bits per heavy atom. The van der Waals surface area contributed by atoms with Crippen molar-refractivity contribution in [3.05, 3.63) is 53.8 Å². The number of imidazole rings is 1.